The number of hydrogen-bond donors (Lipinski definition) is 2. The fourth-order valence-corrected chi connectivity index (χ4v) is 1.73. The standard InChI is InChI=1S/C14H19NO4/c1-9(2)13(14(17)18)15-8-11-6-4-5-7-12(11)19-10(3)16/h4-7,9,13,15H,8H2,1-3H3,(H,17,18)/t13-/m0/s1. The van der Waals surface area contributed by atoms with Gasteiger partial charge in [-0.3, -0.25) is 14.9 Å². The van der Waals surface area contributed by atoms with Gasteiger partial charge in [-0.25, -0.2) is 0 Å². The first-order valence-corrected chi connectivity index (χ1v) is 6.14. The number of carboxylic acids is 1. The summed E-state index contributed by atoms with van der Waals surface area (Å²) in [6.45, 7) is 5.34. The van der Waals surface area contributed by atoms with Crippen LogP contribution in [-0.2, 0) is 16.1 Å². The maximum Gasteiger partial charge on any atom is 0.320 e. The van der Waals surface area contributed by atoms with E-state index >= 15 is 0 Å². The molecule has 0 amide bonds. The largest absolute Gasteiger partial charge is 0.480 e. The highest BCUT2D eigenvalue weighted by Crippen LogP contribution is 2.18. The van der Waals surface area contributed by atoms with E-state index in [1.54, 1.807) is 18.2 Å². The molecule has 5 nitrogen and oxygen atoms in total. The van der Waals surface area contributed by atoms with E-state index in [0.717, 1.165) is 5.56 Å². The molecule has 1 aromatic carbocycles. The number of carboxylic acid groups (broad SMARTS) is 1. The predicted molar refractivity (Wildman–Crippen MR) is 70.9 cm³/mol. The third-order valence-electron chi connectivity index (χ3n) is 2.67. The molecular weight excluding hydrogens is 246 g/mol. The molecule has 0 saturated carbocycles. The molecule has 0 radical (unpaired) electrons. The van der Waals surface area contributed by atoms with Gasteiger partial charge in [-0.2, -0.15) is 0 Å². The van der Waals surface area contributed by atoms with E-state index in [1.807, 2.05) is 19.9 Å². The second-order valence-corrected chi connectivity index (χ2v) is 4.64. The molecule has 1 atom stereocenters. The summed E-state index contributed by atoms with van der Waals surface area (Å²) in [6, 6.07) is 6.42. The molecule has 1 rings (SSSR count). The third kappa shape index (κ3) is 4.71. The Labute approximate surface area is 112 Å². The summed E-state index contributed by atoms with van der Waals surface area (Å²) in [7, 11) is 0. The number of esters is 1. The molecule has 0 aliphatic rings. The molecular formula is C14H19NO4. The molecule has 0 spiro atoms. The van der Waals surface area contributed by atoms with Crippen molar-refractivity contribution in [2.75, 3.05) is 0 Å². The number of carbonyl (C=O) groups excluding carboxylic acids is 1. The topological polar surface area (TPSA) is 75.6 Å². The molecule has 0 heterocycles. The zero-order valence-electron chi connectivity index (χ0n) is 11.3. The maximum absolute atomic E-state index is 11.1. The van der Waals surface area contributed by atoms with E-state index < -0.39 is 18.0 Å². The van der Waals surface area contributed by atoms with Crippen molar-refractivity contribution in [1.82, 2.24) is 5.32 Å². The minimum absolute atomic E-state index is 0.0293. The SMILES string of the molecule is CC(=O)Oc1ccccc1CN[C@H](C(=O)O)C(C)C. The number of benzene rings is 1. The number of rotatable bonds is 6. The van der Waals surface area contributed by atoms with Crippen LogP contribution in [0.4, 0.5) is 0 Å². The lowest BCUT2D eigenvalue weighted by Crippen LogP contribution is -2.40. The molecule has 1 aromatic rings. The summed E-state index contributed by atoms with van der Waals surface area (Å²) >= 11 is 0. The van der Waals surface area contributed by atoms with E-state index in [-0.39, 0.29) is 5.92 Å². The first-order valence-electron chi connectivity index (χ1n) is 6.14. The Bertz CT molecular complexity index is 457. The van der Waals surface area contributed by atoms with Crippen molar-refractivity contribution >= 4 is 11.9 Å². The van der Waals surface area contributed by atoms with Crippen LogP contribution in [0.5, 0.6) is 5.75 Å². The lowest BCUT2D eigenvalue weighted by molar-refractivity contribution is -0.140. The van der Waals surface area contributed by atoms with Gasteiger partial charge in [-0.1, -0.05) is 32.0 Å². The minimum atomic E-state index is -0.889. The Morgan fingerprint density at radius 3 is 2.47 bits per heavy atom. The quantitative estimate of drug-likeness (QED) is 0.606. The van der Waals surface area contributed by atoms with Gasteiger partial charge in [-0.05, 0) is 12.0 Å². The fraction of sp³-hybridized carbons (Fsp3) is 0.429. The number of ether oxygens (including phenoxy) is 1. The first kappa shape index (κ1) is 15.2. The van der Waals surface area contributed by atoms with Gasteiger partial charge in [0.15, 0.2) is 0 Å². The normalized spacial score (nSPS) is 12.2. The molecule has 19 heavy (non-hydrogen) atoms. The van der Waals surface area contributed by atoms with E-state index in [4.69, 9.17) is 9.84 Å². The Kier molecular flexibility index (Phi) is 5.51. The second kappa shape index (κ2) is 6.89. The van der Waals surface area contributed by atoms with Crippen LogP contribution in [-0.4, -0.2) is 23.1 Å². The van der Waals surface area contributed by atoms with Crippen molar-refractivity contribution < 1.29 is 19.4 Å². The van der Waals surface area contributed by atoms with Crippen LogP contribution in [0.3, 0.4) is 0 Å². The number of para-hydroxylation sites is 1. The predicted octanol–water partition coefficient (Wildman–Crippen LogP) is 1.81. The lowest BCUT2D eigenvalue weighted by atomic mass is 10.0. The van der Waals surface area contributed by atoms with Crippen LogP contribution in [0.2, 0.25) is 0 Å². The van der Waals surface area contributed by atoms with Crippen molar-refractivity contribution in [3.05, 3.63) is 29.8 Å². The van der Waals surface area contributed by atoms with E-state index in [9.17, 15) is 9.59 Å². The molecule has 2 N–H and O–H groups in total. The first-order chi connectivity index (χ1) is 8.91. The van der Waals surface area contributed by atoms with E-state index in [2.05, 4.69) is 5.32 Å². The van der Waals surface area contributed by atoms with Crippen LogP contribution >= 0.6 is 0 Å². The molecule has 0 bridgehead atoms. The summed E-state index contributed by atoms with van der Waals surface area (Å²) in [6.07, 6.45) is 0. The zero-order chi connectivity index (χ0) is 14.4. The van der Waals surface area contributed by atoms with Crippen LogP contribution in [0, 0.1) is 5.92 Å². The number of nitrogens with one attached hydrogen (secondary N) is 1. The number of aliphatic carboxylic acids is 1. The molecule has 0 saturated heterocycles. The van der Waals surface area contributed by atoms with E-state index in [0.29, 0.717) is 12.3 Å². The number of carbonyl (C=O) groups is 2. The zero-order valence-corrected chi connectivity index (χ0v) is 11.3. The van der Waals surface area contributed by atoms with Crippen LogP contribution < -0.4 is 10.1 Å². The van der Waals surface area contributed by atoms with Crippen molar-refractivity contribution in [3.8, 4) is 5.75 Å². The van der Waals surface area contributed by atoms with Crippen molar-refractivity contribution in [2.24, 2.45) is 5.92 Å². The molecule has 104 valence electrons. The molecule has 0 unspecified atom stereocenters. The Morgan fingerprint density at radius 2 is 1.95 bits per heavy atom. The molecule has 0 fully saturated rings. The Morgan fingerprint density at radius 1 is 1.32 bits per heavy atom. The maximum atomic E-state index is 11.1. The third-order valence-corrected chi connectivity index (χ3v) is 2.67. The minimum Gasteiger partial charge on any atom is -0.480 e. The van der Waals surface area contributed by atoms with E-state index in [1.165, 1.54) is 6.92 Å². The monoisotopic (exact) mass is 265 g/mol. The summed E-state index contributed by atoms with van der Waals surface area (Å²) < 4.78 is 5.07. The van der Waals surface area contributed by atoms with Crippen LogP contribution in [0.25, 0.3) is 0 Å². The van der Waals surface area contributed by atoms with Crippen molar-refractivity contribution in [1.29, 1.82) is 0 Å². The van der Waals surface area contributed by atoms with Gasteiger partial charge in [0.1, 0.15) is 11.8 Å². The van der Waals surface area contributed by atoms with Crippen LogP contribution in [0.1, 0.15) is 26.3 Å². The van der Waals surface area contributed by atoms with Gasteiger partial charge >= 0.3 is 11.9 Å². The molecule has 5 heteroatoms. The molecule has 0 aromatic heterocycles. The average molecular weight is 265 g/mol. The van der Waals surface area contributed by atoms with Crippen molar-refractivity contribution in [2.45, 2.75) is 33.4 Å². The van der Waals surface area contributed by atoms with Gasteiger partial charge in [-0.15, -0.1) is 0 Å². The van der Waals surface area contributed by atoms with Gasteiger partial charge in [0.2, 0.25) is 0 Å². The number of hydrogen-bond acceptors (Lipinski definition) is 4. The lowest BCUT2D eigenvalue weighted by Gasteiger charge is -2.18. The highest BCUT2D eigenvalue weighted by Gasteiger charge is 2.21. The highest BCUT2D eigenvalue weighted by molar-refractivity contribution is 5.73. The molecule has 0 aliphatic carbocycles. The second-order valence-electron chi connectivity index (χ2n) is 4.64. The van der Waals surface area contributed by atoms with Gasteiger partial charge < -0.3 is 9.84 Å². The van der Waals surface area contributed by atoms with Crippen LogP contribution in [0.15, 0.2) is 24.3 Å². The Hall–Kier alpha value is -1.88. The van der Waals surface area contributed by atoms with Gasteiger partial charge in [0, 0.05) is 19.0 Å². The van der Waals surface area contributed by atoms with Gasteiger partial charge in [0.05, 0.1) is 0 Å². The summed E-state index contributed by atoms with van der Waals surface area (Å²) in [5, 5.41) is 12.0. The summed E-state index contributed by atoms with van der Waals surface area (Å²) in [5.41, 5.74) is 0.754. The smallest absolute Gasteiger partial charge is 0.320 e. The summed E-state index contributed by atoms with van der Waals surface area (Å²) in [4.78, 5) is 22.1. The fourth-order valence-electron chi connectivity index (χ4n) is 1.73. The highest BCUT2D eigenvalue weighted by atomic mass is 16.5. The Balaban J connectivity index is 2.76. The molecule has 0 aliphatic heterocycles. The summed E-state index contributed by atoms with van der Waals surface area (Å²) in [5.74, 6) is -0.861. The van der Waals surface area contributed by atoms with Crippen molar-refractivity contribution in [3.63, 3.8) is 0 Å². The van der Waals surface area contributed by atoms with Gasteiger partial charge in [0.25, 0.3) is 0 Å². The average Bonchev–Trinajstić information content (AvgIpc) is 2.29.